The van der Waals surface area contributed by atoms with Gasteiger partial charge in [0.15, 0.2) is 0 Å². The van der Waals surface area contributed by atoms with Crippen molar-refractivity contribution < 1.29 is 14.3 Å². The Hall–Kier alpha value is -1.88. The first kappa shape index (κ1) is 11.6. The minimum atomic E-state index is -0.270. The molecule has 1 heterocycles. The lowest BCUT2D eigenvalue weighted by molar-refractivity contribution is -0.130. The standard InChI is InChI=1S/C12H14N2O3/c1-17-8-9-4-2-3-5-10(9)14-6-11(15)13-12(16)7-14/h2-5H,6-8H2,1H3,(H,13,15,16). The largest absolute Gasteiger partial charge is 0.380 e. The highest BCUT2D eigenvalue weighted by Crippen LogP contribution is 2.21. The number of carbonyl (C=O) groups is 2. The first-order valence-electron chi connectivity index (χ1n) is 5.35. The van der Waals surface area contributed by atoms with Crippen LogP contribution in [0.5, 0.6) is 0 Å². The third-order valence-electron chi connectivity index (χ3n) is 2.58. The van der Waals surface area contributed by atoms with E-state index < -0.39 is 0 Å². The second-order valence-corrected chi connectivity index (χ2v) is 3.89. The van der Waals surface area contributed by atoms with Crippen LogP contribution in [-0.4, -0.2) is 32.0 Å². The summed E-state index contributed by atoms with van der Waals surface area (Å²) in [4.78, 5) is 24.4. The maximum Gasteiger partial charge on any atom is 0.246 e. The van der Waals surface area contributed by atoms with Crippen LogP contribution >= 0.6 is 0 Å². The number of ether oxygens (including phenoxy) is 1. The summed E-state index contributed by atoms with van der Waals surface area (Å²) < 4.78 is 5.10. The third kappa shape index (κ3) is 2.62. The normalized spacial score (nSPS) is 15.9. The fraction of sp³-hybridized carbons (Fsp3) is 0.333. The molecule has 0 spiro atoms. The maximum atomic E-state index is 11.3. The van der Waals surface area contributed by atoms with E-state index in [0.717, 1.165) is 11.3 Å². The Bertz CT molecular complexity index is 429. The molecule has 1 aliphatic heterocycles. The molecule has 1 aromatic rings. The maximum absolute atomic E-state index is 11.3. The highest BCUT2D eigenvalue weighted by molar-refractivity contribution is 6.02. The molecule has 1 saturated heterocycles. The Labute approximate surface area is 99.4 Å². The smallest absolute Gasteiger partial charge is 0.246 e. The predicted octanol–water partition coefficient (Wildman–Crippen LogP) is 0.296. The second-order valence-electron chi connectivity index (χ2n) is 3.89. The summed E-state index contributed by atoms with van der Waals surface area (Å²) in [6.07, 6.45) is 0. The lowest BCUT2D eigenvalue weighted by atomic mass is 10.1. The average molecular weight is 234 g/mol. The molecule has 0 bridgehead atoms. The molecular weight excluding hydrogens is 220 g/mol. The summed E-state index contributed by atoms with van der Waals surface area (Å²) in [5.74, 6) is -0.540. The van der Waals surface area contributed by atoms with Gasteiger partial charge in [-0.15, -0.1) is 0 Å². The number of nitrogens with zero attached hydrogens (tertiary/aromatic N) is 1. The molecule has 17 heavy (non-hydrogen) atoms. The van der Waals surface area contributed by atoms with Gasteiger partial charge in [-0.2, -0.15) is 0 Å². The van der Waals surface area contributed by atoms with E-state index in [2.05, 4.69) is 5.32 Å². The topological polar surface area (TPSA) is 58.6 Å². The van der Waals surface area contributed by atoms with Crippen LogP contribution in [-0.2, 0) is 20.9 Å². The van der Waals surface area contributed by atoms with E-state index in [0.29, 0.717) is 6.61 Å². The van der Waals surface area contributed by atoms with Crippen LogP contribution in [0.3, 0.4) is 0 Å². The van der Waals surface area contributed by atoms with Gasteiger partial charge in [0, 0.05) is 18.4 Å². The molecular formula is C12H14N2O3. The van der Waals surface area contributed by atoms with Gasteiger partial charge in [-0.3, -0.25) is 14.9 Å². The summed E-state index contributed by atoms with van der Waals surface area (Å²) >= 11 is 0. The van der Waals surface area contributed by atoms with Crippen LogP contribution in [0.4, 0.5) is 5.69 Å². The minimum absolute atomic E-state index is 0.201. The summed E-state index contributed by atoms with van der Waals surface area (Å²) in [6.45, 7) is 0.863. The van der Waals surface area contributed by atoms with Gasteiger partial charge in [0.2, 0.25) is 11.8 Å². The average Bonchev–Trinajstić information content (AvgIpc) is 2.29. The van der Waals surface area contributed by atoms with Gasteiger partial charge >= 0.3 is 0 Å². The zero-order valence-corrected chi connectivity index (χ0v) is 9.60. The Kier molecular flexibility index (Phi) is 3.39. The molecule has 0 atom stereocenters. The molecule has 90 valence electrons. The van der Waals surface area contributed by atoms with E-state index in [1.54, 1.807) is 12.0 Å². The van der Waals surface area contributed by atoms with Crippen LogP contribution in [0.1, 0.15) is 5.56 Å². The van der Waals surface area contributed by atoms with Crippen LogP contribution in [0.25, 0.3) is 0 Å². The molecule has 0 saturated carbocycles. The lowest BCUT2D eigenvalue weighted by Crippen LogP contribution is -2.51. The van der Waals surface area contributed by atoms with Crippen LogP contribution in [0.15, 0.2) is 24.3 Å². The van der Waals surface area contributed by atoms with Gasteiger partial charge in [0.05, 0.1) is 19.7 Å². The van der Waals surface area contributed by atoms with Gasteiger partial charge < -0.3 is 9.64 Å². The highest BCUT2D eigenvalue weighted by Gasteiger charge is 2.23. The van der Waals surface area contributed by atoms with E-state index >= 15 is 0 Å². The van der Waals surface area contributed by atoms with Crippen molar-refractivity contribution in [2.24, 2.45) is 0 Å². The predicted molar refractivity (Wildman–Crippen MR) is 62.5 cm³/mol. The van der Waals surface area contributed by atoms with Crippen molar-refractivity contribution in [1.29, 1.82) is 0 Å². The van der Waals surface area contributed by atoms with E-state index in [9.17, 15) is 9.59 Å². The Morgan fingerprint density at radius 1 is 1.24 bits per heavy atom. The van der Waals surface area contributed by atoms with Crippen molar-refractivity contribution in [1.82, 2.24) is 5.32 Å². The number of anilines is 1. The van der Waals surface area contributed by atoms with Crippen LogP contribution < -0.4 is 10.2 Å². The van der Waals surface area contributed by atoms with Crippen molar-refractivity contribution in [2.45, 2.75) is 6.61 Å². The summed E-state index contributed by atoms with van der Waals surface area (Å²) in [7, 11) is 1.62. The molecule has 5 nitrogen and oxygen atoms in total. The van der Waals surface area contributed by atoms with Gasteiger partial charge in [-0.05, 0) is 6.07 Å². The Morgan fingerprint density at radius 3 is 2.53 bits per heavy atom. The SMILES string of the molecule is COCc1ccccc1N1CC(=O)NC(=O)C1. The zero-order valence-electron chi connectivity index (χ0n) is 9.60. The zero-order chi connectivity index (χ0) is 12.3. The first-order valence-corrected chi connectivity index (χ1v) is 5.35. The molecule has 2 amide bonds. The summed E-state index contributed by atoms with van der Waals surface area (Å²) in [5.41, 5.74) is 1.84. The van der Waals surface area contributed by atoms with Gasteiger partial charge in [-0.1, -0.05) is 18.2 Å². The number of hydrogen-bond donors (Lipinski definition) is 1. The van der Waals surface area contributed by atoms with E-state index in [4.69, 9.17) is 4.74 Å². The number of rotatable bonds is 3. The van der Waals surface area contributed by atoms with Gasteiger partial charge in [-0.25, -0.2) is 0 Å². The molecule has 2 rings (SSSR count). The number of amides is 2. The minimum Gasteiger partial charge on any atom is -0.380 e. The van der Waals surface area contributed by atoms with Crippen LogP contribution in [0.2, 0.25) is 0 Å². The number of hydrogen-bond acceptors (Lipinski definition) is 4. The quantitative estimate of drug-likeness (QED) is 0.764. The van der Waals surface area contributed by atoms with Crippen molar-refractivity contribution >= 4 is 17.5 Å². The first-order chi connectivity index (χ1) is 8.20. The monoisotopic (exact) mass is 234 g/mol. The molecule has 0 aliphatic carbocycles. The van der Waals surface area contributed by atoms with E-state index in [1.165, 1.54) is 0 Å². The number of carbonyl (C=O) groups excluding carboxylic acids is 2. The fourth-order valence-electron chi connectivity index (χ4n) is 1.90. The lowest BCUT2D eigenvalue weighted by Gasteiger charge is -2.29. The van der Waals surface area contributed by atoms with Crippen LogP contribution in [0, 0.1) is 0 Å². The van der Waals surface area contributed by atoms with Crippen molar-refractivity contribution in [2.75, 3.05) is 25.1 Å². The molecule has 1 N–H and O–H groups in total. The Balaban J connectivity index is 2.26. The van der Waals surface area contributed by atoms with Gasteiger partial charge in [0.1, 0.15) is 0 Å². The number of benzene rings is 1. The van der Waals surface area contributed by atoms with Crippen molar-refractivity contribution in [3.8, 4) is 0 Å². The summed E-state index contributed by atoms with van der Waals surface area (Å²) in [5, 5.41) is 2.28. The highest BCUT2D eigenvalue weighted by atomic mass is 16.5. The van der Waals surface area contributed by atoms with E-state index in [-0.39, 0.29) is 24.9 Å². The number of piperazine rings is 1. The summed E-state index contributed by atoms with van der Waals surface area (Å²) in [6, 6.07) is 7.60. The van der Waals surface area contributed by atoms with Crippen molar-refractivity contribution in [3.05, 3.63) is 29.8 Å². The molecule has 5 heteroatoms. The number of methoxy groups -OCH3 is 1. The van der Waals surface area contributed by atoms with Crippen molar-refractivity contribution in [3.63, 3.8) is 0 Å². The fourth-order valence-corrected chi connectivity index (χ4v) is 1.90. The molecule has 0 unspecified atom stereocenters. The molecule has 0 radical (unpaired) electrons. The third-order valence-corrected chi connectivity index (χ3v) is 2.58. The molecule has 1 aromatic carbocycles. The number of nitrogens with one attached hydrogen (secondary N) is 1. The van der Waals surface area contributed by atoms with Gasteiger partial charge in [0.25, 0.3) is 0 Å². The number of imide groups is 1. The number of para-hydroxylation sites is 1. The molecule has 1 fully saturated rings. The molecule has 1 aliphatic rings. The second kappa shape index (κ2) is 4.97. The Morgan fingerprint density at radius 2 is 1.88 bits per heavy atom. The molecule has 0 aromatic heterocycles. The van der Waals surface area contributed by atoms with E-state index in [1.807, 2.05) is 24.3 Å².